The van der Waals surface area contributed by atoms with Gasteiger partial charge in [0.15, 0.2) is 0 Å². The zero-order valence-electron chi connectivity index (χ0n) is 13.1. The zero-order valence-corrected chi connectivity index (χ0v) is 15.5. The van der Waals surface area contributed by atoms with E-state index in [9.17, 15) is 9.59 Å². The lowest BCUT2D eigenvalue weighted by atomic mass is 10.1. The fourth-order valence-corrected chi connectivity index (χ4v) is 4.02. The Morgan fingerprint density at radius 3 is 2.79 bits per heavy atom. The number of thiophene rings is 1. The molecule has 24 heavy (non-hydrogen) atoms. The molecule has 1 aromatic carbocycles. The SMILES string of the molecule is CC(C(=O)Nc1cccc(CSCCC(=O)O)c1)c1ccc(Cl)s1. The number of anilines is 1. The summed E-state index contributed by atoms with van der Waals surface area (Å²) in [5.74, 6) is 0.154. The molecule has 0 radical (unpaired) electrons. The molecule has 2 aromatic rings. The highest BCUT2D eigenvalue weighted by Gasteiger charge is 2.17. The van der Waals surface area contributed by atoms with Gasteiger partial charge in [-0.05, 0) is 36.8 Å². The van der Waals surface area contributed by atoms with Crippen LogP contribution in [0.15, 0.2) is 36.4 Å². The van der Waals surface area contributed by atoms with Crippen molar-refractivity contribution in [3.63, 3.8) is 0 Å². The number of hydrogen-bond acceptors (Lipinski definition) is 4. The summed E-state index contributed by atoms with van der Waals surface area (Å²) in [6.45, 7) is 1.85. The van der Waals surface area contributed by atoms with Crippen LogP contribution < -0.4 is 5.32 Å². The number of rotatable bonds is 8. The molecule has 0 aliphatic rings. The maximum Gasteiger partial charge on any atom is 0.304 e. The average molecular weight is 384 g/mol. The Bertz CT molecular complexity index is 717. The number of carbonyl (C=O) groups excluding carboxylic acids is 1. The number of nitrogens with one attached hydrogen (secondary N) is 1. The van der Waals surface area contributed by atoms with E-state index in [4.69, 9.17) is 16.7 Å². The van der Waals surface area contributed by atoms with Crippen LogP contribution in [0.1, 0.15) is 29.7 Å². The molecule has 0 bridgehead atoms. The standard InChI is InChI=1S/C17H18ClNO3S2/c1-11(14-5-6-15(18)24-14)17(22)19-13-4-2-3-12(9-13)10-23-8-7-16(20)21/h2-6,9,11H,7-8,10H2,1H3,(H,19,22)(H,20,21). The third-order valence-electron chi connectivity index (χ3n) is 3.34. The molecular weight excluding hydrogens is 366 g/mol. The monoisotopic (exact) mass is 383 g/mol. The van der Waals surface area contributed by atoms with Gasteiger partial charge in [0.05, 0.1) is 16.7 Å². The molecule has 1 atom stereocenters. The van der Waals surface area contributed by atoms with Crippen LogP contribution in [0.2, 0.25) is 4.34 Å². The van der Waals surface area contributed by atoms with Crippen molar-refractivity contribution < 1.29 is 14.7 Å². The predicted molar refractivity (Wildman–Crippen MR) is 101 cm³/mol. The van der Waals surface area contributed by atoms with Gasteiger partial charge < -0.3 is 10.4 Å². The predicted octanol–water partition coefficient (Wildman–Crippen LogP) is 4.85. The summed E-state index contributed by atoms with van der Waals surface area (Å²) in [4.78, 5) is 23.8. The number of benzene rings is 1. The third-order valence-corrected chi connectivity index (χ3v) is 5.78. The first-order chi connectivity index (χ1) is 11.5. The van der Waals surface area contributed by atoms with Gasteiger partial charge in [-0.1, -0.05) is 23.7 Å². The molecule has 1 amide bonds. The van der Waals surface area contributed by atoms with E-state index >= 15 is 0 Å². The van der Waals surface area contributed by atoms with E-state index in [1.165, 1.54) is 11.3 Å². The highest BCUT2D eigenvalue weighted by Crippen LogP contribution is 2.29. The van der Waals surface area contributed by atoms with E-state index in [0.29, 0.717) is 15.8 Å². The lowest BCUT2D eigenvalue weighted by molar-refractivity contribution is -0.136. The van der Waals surface area contributed by atoms with Crippen LogP contribution in [0.5, 0.6) is 0 Å². The number of halogens is 1. The Hall–Kier alpha value is -1.50. The van der Waals surface area contributed by atoms with Crippen molar-refractivity contribution in [2.45, 2.75) is 25.0 Å². The molecule has 1 aromatic heterocycles. The molecule has 0 aliphatic carbocycles. The average Bonchev–Trinajstić information content (AvgIpc) is 2.97. The van der Waals surface area contributed by atoms with Crippen LogP contribution in [-0.2, 0) is 15.3 Å². The van der Waals surface area contributed by atoms with E-state index in [1.807, 2.05) is 37.3 Å². The molecule has 1 unspecified atom stereocenters. The van der Waals surface area contributed by atoms with Crippen molar-refractivity contribution in [3.05, 3.63) is 51.2 Å². The van der Waals surface area contributed by atoms with Crippen molar-refractivity contribution in [3.8, 4) is 0 Å². The molecule has 0 saturated carbocycles. The number of carboxylic acids is 1. The van der Waals surface area contributed by atoms with Crippen molar-refractivity contribution in [1.82, 2.24) is 0 Å². The summed E-state index contributed by atoms with van der Waals surface area (Å²) in [5, 5.41) is 11.6. The van der Waals surface area contributed by atoms with Crippen LogP contribution in [-0.4, -0.2) is 22.7 Å². The Morgan fingerprint density at radius 2 is 2.12 bits per heavy atom. The highest BCUT2D eigenvalue weighted by atomic mass is 35.5. The quantitative estimate of drug-likeness (QED) is 0.639. The summed E-state index contributed by atoms with van der Waals surface area (Å²) in [6.07, 6.45) is 0.155. The molecule has 0 saturated heterocycles. The smallest absolute Gasteiger partial charge is 0.304 e. The van der Waals surface area contributed by atoms with Crippen LogP contribution in [0.25, 0.3) is 0 Å². The molecule has 2 N–H and O–H groups in total. The molecule has 0 spiro atoms. The fraction of sp³-hybridized carbons (Fsp3) is 0.294. The second-order valence-corrected chi connectivity index (χ2v) is 8.10. The summed E-state index contributed by atoms with van der Waals surface area (Å²) in [6, 6.07) is 11.3. The molecular formula is C17H18ClNO3S2. The molecule has 1 heterocycles. The first-order valence-corrected chi connectivity index (χ1v) is 9.75. The number of hydrogen-bond donors (Lipinski definition) is 2. The van der Waals surface area contributed by atoms with Gasteiger partial charge in [0.2, 0.25) is 5.91 Å². The van der Waals surface area contributed by atoms with E-state index in [2.05, 4.69) is 5.32 Å². The molecule has 4 nitrogen and oxygen atoms in total. The molecule has 128 valence electrons. The largest absolute Gasteiger partial charge is 0.481 e. The van der Waals surface area contributed by atoms with Crippen molar-refractivity contribution >= 4 is 52.3 Å². The topological polar surface area (TPSA) is 66.4 Å². The number of carboxylic acid groups (broad SMARTS) is 1. The maximum absolute atomic E-state index is 12.4. The number of thioether (sulfide) groups is 1. The molecule has 7 heteroatoms. The van der Waals surface area contributed by atoms with Gasteiger partial charge in [-0.15, -0.1) is 11.3 Å². The van der Waals surface area contributed by atoms with Gasteiger partial charge in [0, 0.05) is 22.1 Å². The number of aliphatic carboxylic acids is 1. The zero-order chi connectivity index (χ0) is 17.5. The van der Waals surface area contributed by atoms with Gasteiger partial charge in [-0.3, -0.25) is 9.59 Å². The number of carbonyl (C=O) groups is 2. The van der Waals surface area contributed by atoms with E-state index in [-0.39, 0.29) is 18.2 Å². The minimum Gasteiger partial charge on any atom is -0.481 e. The summed E-state index contributed by atoms with van der Waals surface area (Å²) >= 11 is 8.89. The Balaban J connectivity index is 1.91. The minimum atomic E-state index is -0.786. The first-order valence-electron chi connectivity index (χ1n) is 7.40. The fourth-order valence-electron chi connectivity index (χ4n) is 2.03. The molecule has 2 rings (SSSR count). The first kappa shape index (κ1) is 18.8. The van der Waals surface area contributed by atoms with Crippen LogP contribution in [0, 0.1) is 0 Å². The van der Waals surface area contributed by atoms with E-state index in [1.54, 1.807) is 17.8 Å². The summed E-state index contributed by atoms with van der Waals surface area (Å²) in [5.41, 5.74) is 1.79. The Labute approximate surface area is 154 Å². The molecule has 0 aliphatic heterocycles. The van der Waals surface area contributed by atoms with Gasteiger partial charge >= 0.3 is 5.97 Å². The third kappa shape index (κ3) is 5.85. The summed E-state index contributed by atoms with van der Waals surface area (Å²) in [7, 11) is 0. The second-order valence-electron chi connectivity index (χ2n) is 5.25. The lowest BCUT2D eigenvalue weighted by Crippen LogP contribution is -2.18. The van der Waals surface area contributed by atoms with E-state index < -0.39 is 5.97 Å². The Morgan fingerprint density at radius 1 is 1.33 bits per heavy atom. The van der Waals surface area contributed by atoms with Gasteiger partial charge in [-0.2, -0.15) is 11.8 Å². The van der Waals surface area contributed by atoms with E-state index in [0.717, 1.165) is 16.1 Å². The van der Waals surface area contributed by atoms with Crippen LogP contribution in [0.3, 0.4) is 0 Å². The van der Waals surface area contributed by atoms with Crippen LogP contribution in [0.4, 0.5) is 5.69 Å². The highest BCUT2D eigenvalue weighted by molar-refractivity contribution is 7.98. The van der Waals surface area contributed by atoms with Crippen molar-refractivity contribution in [2.75, 3.05) is 11.1 Å². The Kier molecular flexibility index (Phi) is 7.15. The van der Waals surface area contributed by atoms with Crippen LogP contribution >= 0.6 is 34.7 Å². The van der Waals surface area contributed by atoms with Gasteiger partial charge in [0.25, 0.3) is 0 Å². The van der Waals surface area contributed by atoms with Crippen molar-refractivity contribution in [2.24, 2.45) is 0 Å². The number of amides is 1. The second kappa shape index (κ2) is 9.11. The maximum atomic E-state index is 12.4. The summed E-state index contributed by atoms with van der Waals surface area (Å²) < 4.78 is 0.671. The van der Waals surface area contributed by atoms with Crippen molar-refractivity contribution in [1.29, 1.82) is 0 Å². The normalized spacial score (nSPS) is 11.9. The lowest BCUT2D eigenvalue weighted by Gasteiger charge is -2.11. The molecule has 0 fully saturated rings. The van der Waals surface area contributed by atoms with Gasteiger partial charge in [0.1, 0.15) is 0 Å². The van der Waals surface area contributed by atoms with Gasteiger partial charge in [-0.25, -0.2) is 0 Å². The minimum absolute atomic E-state index is 0.0794.